The second-order valence-corrected chi connectivity index (χ2v) is 11.3. The highest BCUT2D eigenvalue weighted by Gasteiger charge is 2.52. The van der Waals surface area contributed by atoms with Crippen LogP contribution in [-0.4, -0.2) is 94.1 Å². The van der Waals surface area contributed by atoms with E-state index in [1.807, 2.05) is 27.7 Å². The summed E-state index contributed by atoms with van der Waals surface area (Å²) in [7, 11) is 4.46. The number of rotatable bonds is 3. The molecule has 10 nitrogen and oxygen atoms in total. The molecule has 1 unspecified atom stereocenters. The molecule has 2 radical (unpaired) electrons. The molecular weight excluding hydrogens is 475 g/mol. The molecule has 1 aromatic heterocycles. The van der Waals surface area contributed by atoms with Gasteiger partial charge >= 0.3 is 13.2 Å². The molecule has 2 amide bonds. The van der Waals surface area contributed by atoms with Crippen LogP contribution in [0, 0.1) is 0 Å². The van der Waals surface area contributed by atoms with Crippen molar-refractivity contribution >= 4 is 44.2 Å². The largest absolute Gasteiger partial charge is 0.514 e. The maximum absolute atomic E-state index is 12.8. The van der Waals surface area contributed by atoms with Gasteiger partial charge in [0.25, 0.3) is 5.91 Å². The summed E-state index contributed by atoms with van der Waals surface area (Å²) in [4.78, 5) is 32.5. The average Bonchev–Trinajstić information content (AvgIpc) is 2.91. The number of halogens is 1. The maximum Gasteiger partial charge on any atom is 0.514 e. The number of carbonyl (C=O) groups is 2. The molecule has 0 aromatic carbocycles. The Labute approximate surface area is 212 Å². The molecule has 3 heterocycles. The van der Waals surface area contributed by atoms with Crippen molar-refractivity contribution in [3.8, 4) is 0 Å². The molecule has 2 aliphatic rings. The molecule has 2 N–H and O–H groups in total. The Morgan fingerprint density at radius 3 is 2.26 bits per heavy atom. The van der Waals surface area contributed by atoms with Crippen LogP contribution in [0.5, 0.6) is 0 Å². The van der Waals surface area contributed by atoms with Gasteiger partial charge < -0.3 is 34.1 Å². The SMILES string of the molecule is [B]C(O)(O)C(=O)N1CCN(C(=O)OC(C)(C)C)CC1c1cc(Cl)nc(B2OC(C)(C)C(C)(C)O2)c1. The molecule has 1 atom stereocenters. The first-order valence-electron chi connectivity index (χ1n) is 11.4. The van der Waals surface area contributed by atoms with E-state index in [9.17, 15) is 19.8 Å². The summed E-state index contributed by atoms with van der Waals surface area (Å²) < 4.78 is 17.6. The Hall–Kier alpha value is -1.85. The number of amides is 2. The molecule has 13 heteroatoms. The van der Waals surface area contributed by atoms with Crippen molar-refractivity contribution in [3.05, 3.63) is 22.8 Å². The van der Waals surface area contributed by atoms with Gasteiger partial charge in [-0.25, -0.2) is 9.78 Å². The van der Waals surface area contributed by atoms with Crippen molar-refractivity contribution in [3.63, 3.8) is 0 Å². The predicted octanol–water partition coefficient (Wildman–Crippen LogP) is 0.962. The number of pyridine rings is 1. The number of piperazine rings is 1. The zero-order valence-electron chi connectivity index (χ0n) is 21.2. The molecule has 1 aromatic rings. The second-order valence-electron chi connectivity index (χ2n) is 10.9. The second kappa shape index (κ2) is 9.23. The standard InChI is InChI=1S/C22H32B2ClN3O7/c1-19(2,3)33-18(30)27-8-9-28(17(29)22(23,31)32)14(12-27)13-10-15(26-16(25)11-13)24-34-20(4,5)21(6,7)35-24/h10-11,14,31-32H,8-9,12H2,1-7H3. The minimum absolute atomic E-state index is 0.000116. The van der Waals surface area contributed by atoms with E-state index in [1.54, 1.807) is 26.8 Å². The first-order valence-corrected chi connectivity index (χ1v) is 11.7. The minimum atomic E-state index is -3.09. The van der Waals surface area contributed by atoms with Crippen molar-refractivity contribution in [2.75, 3.05) is 19.6 Å². The summed E-state index contributed by atoms with van der Waals surface area (Å²) >= 11 is 6.34. The summed E-state index contributed by atoms with van der Waals surface area (Å²) in [5.41, 5.74) is -4.17. The van der Waals surface area contributed by atoms with Crippen LogP contribution < -0.4 is 5.59 Å². The topological polar surface area (TPSA) is 122 Å². The number of ether oxygens (including phenoxy) is 1. The highest BCUT2D eigenvalue weighted by atomic mass is 35.5. The van der Waals surface area contributed by atoms with Gasteiger partial charge in [-0.15, -0.1) is 0 Å². The smallest absolute Gasteiger partial charge is 0.444 e. The zero-order valence-corrected chi connectivity index (χ0v) is 21.9. The van der Waals surface area contributed by atoms with E-state index in [2.05, 4.69) is 4.98 Å². The number of aromatic nitrogens is 1. The van der Waals surface area contributed by atoms with Crippen LogP contribution in [0.2, 0.25) is 5.15 Å². The van der Waals surface area contributed by atoms with Crippen LogP contribution >= 0.6 is 11.6 Å². The Morgan fingerprint density at radius 2 is 1.74 bits per heavy atom. The highest BCUT2D eigenvalue weighted by Crippen LogP contribution is 2.37. The van der Waals surface area contributed by atoms with Crippen molar-refractivity contribution in [1.82, 2.24) is 14.8 Å². The van der Waals surface area contributed by atoms with Crippen LogP contribution in [0.3, 0.4) is 0 Å². The quantitative estimate of drug-likeness (QED) is 0.353. The fourth-order valence-corrected chi connectivity index (χ4v) is 4.05. The fraction of sp³-hybridized carbons (Fsp3) is 0.682. The number of hydrogen-bond donors (Lipinski definition) is 2. The van der Waals surface area contributed by atoms with Gasteiger partial charge in [0.2, 0.25) is 0 Å². The van der Waals surface area contributed by atoms with Crippen molar-refractivity contribution in [1.29, 1.82) is 0 Å². The number of nitrogens with zero attached hydrogens (tertiary/aromatic N) is 3. The highest BCUT2D eigenvalue weighted by molar-refractivity contribution is 6.61. The number of carbonyl (C=O) groups excluding carboxylic acids is 2. The fourth-order valence-electron chi connectivity index (χ4n) is 3.83. The maximum atomic E-state index is 12.8. The Kier molecular flexibility index (Phi) is 7.31. The average molecular weight is 508 g/mol. The first-order chi connectivity index (χ1) is 15.8. The van der Waals surface area contributed by atoms with Crippen LogP contribution in [0.15, 0.2) is 12.1 Å². The lowest BCUT2D eigenvalue weighted by Gasteiger charge is -2.43. The Balaban J connectivity index is 1.98. The summed E-state index contributed by atoms with van der Waals surface area (Å²) in [6, 6.07) is 2.37. The van der Waals surface area contributed by atoms with Crippen LogP contribution in [0.4, 0.5) is 4.79 Å². The van der Waals surface area contributed by atoms with Gasteiger partial charge in [-0.3, -0.25) is 4.79 Å². The zero-order chi connectivity index (χ0) is 26.6. The Morgan fingerprint density at radius 1 is 1.17 bits per heavy atom. The lowest BCUT2D eigenvalue weighted by atomic mass is 9.82. The lowest BCUT2D eigenvalue weighted by Crippen LogP contribution is -2.58. The molecule has 2 aliphatic heterocycles. The monoisotopic (exact) mass is 507 g/mol. The molecule has 3 rings (SSSR count). The van der Waals surface area contributed by atoms with Gasteiger partial charge in [-0.2, -0.15) is 0 Å². The van der Waals surface area contributed by atoms with E-state index < -0.39 is 47.7 Å². The third-order valence-corrected chi connectivity index (χ3v) is 6.52. The van der Waals surface area contributed by atoms with Crippen LogP contribution in [-0.2, 0) is 18.8 Å². The molecule has 0 spiro atoms. The Bertz CT molecular complexity index is 978. The normalized spacial score (nSPS) is 22.3. The summed E-state index contributed by atoms with van der Waals surface area (Å²) in [6.07, 6.45) is -0.562. The van der Waals surface area contributed by atoms with E-state index in [0.29, 0.717) is 11.2 Å². The summed E-state index contributed by atoms with van der Waals surface area (Å²) in [5, 5.41) is 19.7. The van der Waals surface area contributed by atoms with Crippen molar-refractivity contribution < 1.29 is 33.8 Å². The van der Waals surface area contributed by atoms with E-state index >= 15 is 0 Å². The third-order valence-electron chi connectivity index (χ3n) is 6.32. The third kappa shape index (κ3) is 6.11. The molecule has 0 bridgehead atoms. The molecule has 35 heavy (non-hydrogen) atoms. The molecule has 190 valence electrons. The van der Waals surface area contributed by atoms with E-state index in [-0.39, 0.29) is 24.8 Å². The van der Waals surface area contributed by atoms with Gasteiger partial charge in [-0.1, -0.05) is 11.6 Å². The number of aliphatic hydroxyl groups is 2. The van der Waals surface area contributed by atoms with E-state index in [0.717, 1.165) is 0 Å². The van der Waals surface area contributed by atoms with Crippen molar-refractivity contribution in [2.45, 2.75) is 77.0 Å². The van der Waals surface area contributed by atoms with Crippen LogP contribution in [0.25, 0.3) is 0 Å². The van der Waals surface area contributed by atoms with Gasteiger partial charge in [0.05, 0.1) is 22.8 Å². The van der Waals surface area contributed by atoms with Crippen molar-refractivity contribution in [2.24, 2.45) is 0 Å². The predicted molar refractivity (Wildman–Crippen MR) is 130 cm³/mol. The van der Waals surface area contributed by atoms with Gasteiger partial charge in [0.1, 0.15) is 10.8 Å². The van der Waals surface area contributed by atoms with E-state index in [1.165, 1.54) is 15.9 Å². The van der Waals surface area contributed by atoms with Gasteiger partial charge in [-0.05, 0) is 66.2 Å². The van der Waals surface area contributed by atoms with E-state index in [4.69, 9.17) is 33.5 Å². The lowest BCUT2D eigenvalue weighted by molar-refractivity contribution is -0.174. The van der Waals surface area contributed by atoms with Crippen LogP contribution in [0.1, 0.15) is 60.1 Å². The molecule has 0 aliphatic carbocycles. The molecular formula is C22H32B2ClN3O7. The van der Waals surface area contributed by atoms with Gasteiger partial charge in [0.15, 0.2) is 13.5 Å². The number of hydrogen-bond acceptors (Lipinski definition) is 8. The summed E-state index contributed by atoms with van der Waals surface area (Å²) in [6.45, 7) is 13.0. The minimum Gasteiger partial charge on any atom is -0.444 e. The molecule has 0 saturated carbocycles. The summed E-state index contributed by atoms with van der Waals surface area (Å²) in [5.74, 6) is -1.11. The first kappa shape index (κ1) is 27.7. The van der Waals surface area contributed by atoms with Gasteiger partial charge in [0, 0.05) is 19.6 Å². The molecule has 2 fully saturated rings. The molecule has 2 saturated heterocycles.